The van der Waals surface area contributed by atoms with Gasteiger partial charge in [0.05, 0.1) is 31.1 Å². The minimum Gasteiger partial charge on any atom is -0.465 e. The number of thiazole rings is 1. The van der Waals surface area contributed by atoms with Crippen molar-refractivity contribution in [3.05, 3.63) is 70.3 Å². The molecule has 2 aromatic carbocycles. The van der Waals surface area contributed by atoms with Crippen molar-refractivity contribution < 1.29 is 36.7 Å². The Labute approximate surface area is 262 Å². The summed E-state index contributed by atoms with van der Waals surface area (Å²) in [5.74, 6) is 0.227. The van der Waals surface area contributed by atoms with Crippen molar-refractivity contribution in [1.82, 2.24) is 10.1 Å². The van der Waals surface area contributed by atoms with Gasteiger partial charge in [-0.1, -0.05) is 23.4 Å². The average Bonchev–Trinajstić information content (AvgIpc) is 3.47. The van der Waals surface area contributed by atoms with Crippen molar-refractivity contribution in [2.75, 3.05) is 12.0 Å². The number of piperidine rings is 1. The van der Waals surface area contributed by atoms with E-state index in [9.17, 15) is 18.0 Å². The molecule has 7 rings (SSSR count). The van der Waals surface area contributed by atoms with E-state index < -0.39 is 6.36 Å². The summed E-state index contributed by atoms with van der Waals surface area (Å²) < 4.78 is 60.8. The number of esters is 1. The molecule has 8 nitrogen and oxygen atoms in total. The van der Waals surface area contributed by atoms with Gasteiger partial charge in [0.15, 0.2) is 5.13 Å². The highest BCUT2D eigenvalue weighted by Crippen LogP contribution is 2.47. The van der Waals surface area contributed by atoms with Gasteiger partial charge in [-0.3, -0.25) is 0 Å². The summed E-state index contributed by atoms with van der Waals surface area (Å²) in [4.78, 5) is 19.4. The third-order valence-electron chi connectivity index (χ3n) is 8.93. The lowest BCUT2D eigenvalue weighted by Gasteiger charge is -2.38. The second kappa shape index (κ2) is 11.8. The number of ether oxygens (including phenoxy) is 3. The Morgan fingerprint density at radius 3 is 2.53 bits per heavy atom. The summed E-state index contributed by atoms with van der Waals surface area (Å²) in [7, 11) is 1.37. The number of benzene rings is 2. The molecular weight excluding hydrogens is 607 g/mol. The standard InChI is InChI=1S/C33H32F3N3O5S/c1-18-13-20(9-12-24(18)31(40)41-2)27-17-45-32(37-27)39-21-10-11-22(39)15-23(14-21)42-16-26-29(38-44-30(26)19-7-8-19)25-5-3-4-6-28(25)43-33(34,35)36/h3-6,9,12-13,17,19,21-23H,7-8,10-11,14-16H2,1-2H3/t21-,22+,23?. The minimum atomic E-state index is -4.82. The topological polar surface area (TPSA) is 86.9 Å². The summed E-state index contributed by atoms with van der Waals surface area (Å²) in [6, 6.07) is 12.2. The van der Waals surface area contributed by atoms with Crippen molar-refractivity contribution in [2.45, 2.75) is 82.5 Å². The molecular formula is C33H32F3N3O5S. The van der Waals surface area contributed by atoms with E-state index in [1.165, 1.54) is 19.2 Å². The van der Waals surface area contributed by atoms with Crippen LogP contribution in [0.5, 0.6) is 5.75 Å². The van der Waals surface area contributed by atoms with E-state index in [-0.39, 0.29) is 48.0 Å². The molecule has 2 bridgehead atoms. The predicted molar refractivity (Wildman–Crippen MR) is 161 cm³/mol. The molecule has 0 N–H and O–H groups in total. The summed E-state index contributed by atoms with van der Waals surface area (Å²) in [6.07, 6.45) is 0.807. The minimum absolute atomic E-state index is 0.0110. The zero-order valence-corrected chi connectivity index (χ0v) is 25.6. The van der Waals surface area contributed by atoms with E-state index in [0.29, 0.717) is 22.6 Å². The molecule has 45 heavy (non-hydrogen) atoms. The van der Waals surface area contributed by atoms with Crippen molar-refractivity contribution in [1.29, 1.82) is 0 Å². The highest BCUT2D eigenvalue weighted by atomic mass is 32.1. The first-order chi connectivity index (χ1) is 21.7. The fourth-order valence-electron chi connectivity index (χ4n) is 6.67. The van der Waals surface area contributed by atoms with Crippen LogP contribution in [-0.2, 0) is 16.1 Å². The Hall–Kier alpha value is -3.90. The highest BCUT2D eigenvalue weighted by Gasteiger charge is 2.43. The SMILES string of the molecule is COC(=O)c1ccc(-c2csc(N3[C@@H]4CC[C@H]3CC(OCc3c(-c5ccccc5OC(F)(F)F)noc3C3CC3)C4)n2)cc1C. The van der Waals surface area contributed by atoms with Gasteiger partial charge in [0.2, 0.25) is 0 Å². The molecule has 2 aliphatic heterocycles. The normalized spacial score (nSPS) is 21.3. The van der Waals surface area contributed by atoms with E-state index >= 15 is 0 Å². The molecule has 2 aromatic heterocycles. The second-order valence-corrected chi connectivity index (χ2v) is 12.8. The summed E-state index contributed by atoms with van der Waals surface area (Å²) >= 11 is 1.62. The highest BCUT2D eigenvalue weighted by molar-refractivity contribution is 7.14. The number of alkyl halides is 3. The molecule has 0 radical (unpaired) electrons. The molecule has 3 aliphatic rings. The molecule has 4 heterocycles. The number of halogens is 3. The number of aryl methyl sites for hydroxylation is 1. The Morgan fingerprint density at radius 2 is 1.84 bits per heavy atom. The van der Waals surface area contributed by atoms with Crippen LogP contribution >= 0.6 is 11.3 Å². The van der Waals surface area contributed by atoms with Gasteiger partial charge in [-0.15, -0.1) is 24.5 Å². The number of methoxy groups -OCH3 is 1. The van der Waals surface area contributed by atoms with Crippen molar-refractivity contribution >= 4 is 22.4 Å². The first-order valence-electron chi connectivity index (χ1n) is 15.1. The van der Waals surface area contributed by atoms with E-state index in [2.05, 4.69) is 20.2 Å². The third kappa shape index (κ3) is 6.05. The number of carbonyl (C=O) groups is 1. The van der Waals surface area contributed by atoms with Gasteiger partial charge in [-0.25, -0.2) is 9.78 Å². The fraction of sp³-hybridized carbons (Fsp3) is 0.424. The van der Waals surface area contributed by atoms with Crippen LogP contribution in [0.1, 0.15) is 71.7 Å². The monoisotopic (exact) mass is 639 g/mol. The molecule has 4 aromatic rings. The molecule has 3 fully saturated rings. The third-order valence-corrected chi connectivity index (χ3v) is 9.78. The number of rotatable bonds is 9. The number of hydrogen-bond acceptors (Lipinski definition) is 9. The van der Waals surface area contributed by atoms with Gasteiger partial charge in [0, 0.05) is 40.1 Å². The van der Waals surface area contributed by atoms with Gasteiger partial charge in [-0.05, 0) is 75.3 Å². The van der Waals surface area contributed by atoms with Gasteiger partial charge in [0.25, 0.3) is 0 Å². The summed E-state index contributed by atoms with van der Waals surface area (Å²) in [5.41, 5.74) is 4.46. The van der Waals surface area contributed by atoms with Crippen molar-refractivity contribution in [2.24, 2.45) is 0 Å². The molecule has 1 aliphatic carbocycles. The maximum atomic E-state index is 13.1. The number of nitrogens with zero attached hydrogens (tertiary/aromatic N) is 3. The van der Waals surface area contributed by atoms with Gasteiger partial charge >= 0.3 is 12.3 Å². The molecule has 1 unspecified atom stereocenters. The number of carbonyl (C=O) groups excluding carboxylic acids is 1. The Morgan fingerprint density at radius 1 is 1.09 bits per heavy atom. The molecule has 12 heteroatoms. The Kier molecular flexibility index (Phi) is 7.81. The zero-order valence-electron chi connectivity index (χ0n) is 24.8. The van der Waals surface area contributed by atoms with Crippen LogP contribution in [0.25, 0.3) is 22.5 Å². The van der Waals surface area contributed by atoms with Gasteiger partial charge in [0.1, 0.15) is 17.2 Å². The predicted octanol–water partition coefficient (Wildman–Crippen LogP) is 8.05. The van der Waals surface area contributed by atoms with Crippen LogP contribution in [0.3, 0.4) is 0 Å². The Balaban J connectivity index is 1.06. The molecule has 236 valence electrons. The van der Waals surface area contributed by atoms with E-state index in [4.69, 9.17) is 19.0 Å². The number of para-hydroxylation sites is 1. The smallest absolute Gasteiger partial charge is 0.465 e. The largest absolute Gasteiger partial charge is 0.573 e. The maximum Gasteiger partial charge on any atom is 0.573 e. The van der Waals surface area contributed by atoms with Crippen LogP contribution < -0.4 is 9.64 Å². The molecule has 2 saturated heterocycles. The lowest BCUT2D eigenvalue weighted by Crippen LogP contribution is -2.45. The van der Waals surface area contributed by atoms with E-state index in [1.54, 1.807) is 29.5 Å². The summed E-state index contributed by atoms with van der Waals surface area (Å²) in [6.45, 7) is 2.09. The van der Waals surface area contributed by atoms with Crippen LogP contribution in [-0.4, -0.2) is 47.8 Å². The quantitative estimate of drug-likeness (QED) is 0.170. The van der Waals surface area contributed by atoms with Crippen LogP contribution in [0.15, 0.2) is 52.4 Å². The van der Waals surface area contributed by atoms with Crippen molar-refractivity contribution in [3.8, 4) is 28.3 Å². The maximum absolute atomic E-state index is 13.1. The van der Waals surface area contributed by atoms with Crippen LogP contribution in [0.2, 0.25) is 0 Å². The zero-order chi connectivity index (χ0) is 31.3. The van der Waals surface area contributed by atoms with E-state index in [0.717, 1.165) is 60.5 Å². The number of anilines is 1. The first kappa shape index (κ1) is 29.8. The van der Waals surface area contributed by atoms with Gasteiger partial charge < -0.3 is 23.6 Å². The molecule has 0 spiro atoms. The van der Waals surface area contributed by atoms with Crippen LogP contribution in [0.4, 0.5) is 18.3 Å². The van der Waals surface area contributed by atoms with Crippen molar-refractivity contribution in [3.63, 3.8) is 0 Å². The number of hydrogen-bond donors (Lipinski definition) is 0. The lowest BCUT2D eigenvalue weighted by atomic mass is 9.99. The second-order valence-electron chi connectivity index (χ2n) is 11.9. The Bertz CT molecular complexity index is 1700. The van der Waals surface area contributed by atoms with E-state index in [1.807, 2.05) is 19.1 Å². The molecule has 0 amide bonds. The summed E-state index contributed by atoms with van der Waals surface area (Å²) in [5, 5.41) is 7.23. The average molecular weight is 640 g/mol. The fourth-order valence-corrected chi connectivity index (χ4v) is 7.65. The number of aromatic nitrogens is 2. The first-order valence-corrected chi connectivity index (χ1v) is 15.9. The van der Waals surface area contributed by atoms with Gasteiger partial charge in [-0.2, -0.15) is 0 Å². The molecule has 3 atom stereocenters. The lowest BCUT2D eigenvalue weighted by molar-refractivity contribution is -0.274. The number of fused-ring (bicyclic) bond motifs is 2. The molecule has 1 saturated carbocycles. The van der Waals surface area contributed by atoms with Crippen LogP contribution in [0, 0.1) is 6.92 Å².